The van der Waals surface area contributed by atoms with E-state index in [1.807, 2.05) is 4.90 Å². The number of furan rings is 1. The molecule has 0 bridgehead atoms. The average molecular weight is 405 g/mol. The Hall–Kier alpha value is -2.56. The lowest BCUT2D eigenvalue weighted by molar-refractivity contribution is -0.192. The van der Waals surface area contributed by atoms with Gasteiger partial charge in [-0.3, -0.25) is 14.5 Å². The molecule has 2 saturated heterocycles. The number of carboxylic acids is 1. The second kappa shape index (κ2) is 9.09. The van der Waals surface area contributed by atoms with Crippen LogP contribution in [0.3, 0.4) is 0 Å². The molecule has 2 fully saturated rings. The fraction of sp³-hybridized carbons (Fsp3) is 0.588. The molecule has 3 heterocycles. The first kappa shape index (κ1) is 21.7. The van der Waals surface area contributed by atoms with Gasteiger partial charge in [-0.1, -0.05) is 0 Å². The molecular weight excluding hydrogens is 383 g/mol. The van der Waals surface area contributed by atoms with Gasteiger partial charge in [0, 0.05) is 26.7 Å². The Morgan fingerprint density at radius 1 is 1.25 bits per heavy atom. The van der Waals surface area contributed by atoms with Crippen molar-refractivity contribution in [2.45, 2.75) is 12.6 Å². The third-order valence-electron chi connectivity index (χ3n) is 4.83. The van der Waals surface area contributed by atoms with Gasteiger partial charge >= 0.3 is 12.1 Å². The van der Waals surface area contributed by atoms with Crippen LogP contribution in [0.25, 0.3) is 0 Å². The smallest absolute Gasteiger partial charge is 0.475 e. The summed E-state index contributed by atoms with van der Waals surface area (Å²) in [7, 11) is 1.66. The third kappa shape index (κ3) is 5.72. The van der Waals surface area contributed by atoms with Crippen molar-refractivity contribution >= 4 is 17.8 Å². The first-order valence-electron chi connectivity index (χ1n) is 8.66. The Morgan fingerprint density at radius 2 is 1.89 bits per heavy atom. The molecular formula is C17H22F3N3O5. The molecule has 2 N–H and O–H groups in total. The Morgan fingerprint density at radius 3 is 2.43 bits per heavy atom. The van der Waals surface area contributed by atoms with Gasteiger partial charge in [0.15, 0.2) is 0 Å². The van der Waals surface area contributed by atoms with Crippen molar-refractivity contribution in [3.8, 4) is 0 Å². The number of hydrogen-bond acceptors (Lipinski definition) is 5. The summed E-state index contributed by atoms with van der Waals surface area (Å²) in [6.07, 6.45) is -1.000. The Labute approximate surface area is 159 Å². The number of rotatable bonds is 3. The van der Waals surface area contributed by atoms with Crippen LogP contribution in [0.2, 0.25) is 0 Å². The lowest BCUT2D eigenvalue weighted by Crippen LogP contribution is -2.44. The summed E-state index contributed by atoms with van der Waals surface area (Å²) < 4.78 is 36.7. The number of nitrogens with zero attached hydrogens (tertiary/aromatic N) is 2. The van der Waals surface area contributed by atoms with E-state index in [-0.39, 0.29) is 11.8 Å². The number of fused-ring (bicyclic) bond motifs is 1. The number of hydrogen-bond donors (Lipinski definition) is 2. The van der Waals surface area contributed by atoms with E-state index in [0.717, 1.165) is 32.6 Å². The highest BCUT2D eigenvalue weighted by Crippen LogP contribution is 2.31. The molecule has 0 unspecified atom stereocenters. The molecule has 3 rings (SSSR count). The van der Waals surface area contributed by atoms with Gasteiger partial charge in [0.2, 0.25) is 5.91 Å². The summed E-state index contributed by atoms with van der Waals surface area (Å²) in [5, 5.41) is 9.79. The summed E-state index contributed by atoms with van der Waals surface area (Å²) in [6.45, 7) is 3.88. The summed E-state index contributed by atoms with van der Waals surface area (Å²) in [6, 6.07) is 1.71. The predicted molar refractivity (Wildman–Crippen MR) is 90.4 cm³/mol. The summed E-state index contributed by atoms with van der Waals surface area (Å²) in [5.41, 5.74) is 0.621. The quantitative estimate of drug-likeness (QED) is 0.779. The fourth-order valence-electron chi connectivity index (χ4n) is 3.40. The number of aliphatic carboxylic acids is 1. The average Bonchev–Trinajstić information content (AvgIpc) is 3.30. The zero-order valence-electron chi connectivity index (χ0n) is 15.2. The number of piperidine rings is 1. The van der Waals surface area contributed by atoms with Gasteiger partial charge < -0.3 is 19.7 Å². The normalized spacial score (nSPS) is 22.1. The van der Waals surface area contributed by atoms with Crippen LogP contribution in [0, 0.1) is 11.8 Å². The predicted octanol–water partition coefficient (Wildman–Crippen LogP) is 1.05. The first-order chi connectivity index (χ1) is 13.1. The highest BCUT2D eigenvalue weighted by molar-refractivity contribution is 5.94. The molecule has 2 aliphatic rings. The molecule has 0 aliphatic carbocycles. The highest BCUT2D eigenvalue weighted by atomic mass is 19.4. The molecule has 2 atom stereocenters. The molecule has 0 spiro atoms. The third-order valence-corrected chi connectivity index (χ3v) is 4.83. The van der Waals surface area contributed by atoms with E-state index in [2.05, 4.69) is 10.2 Å². The lowest BCUT2D eigenvalue weighted by atomic mass is 9.89. The van der Waals surface area contributed by atoms with E-state index in [1.165, 1.54) is 12.5 Å². The van der Waals surface area contributed by atoms with Gasteiger partial charge in [-0.25, -0.2) is 4.79 Å². The highest BCUT2D eigenvalue weighted by Gasteiger charge is 2.39. The molecule has 0 radical (unpaired) electrons. The van der Waals surface area contributed by atoms with Crippen LogP contribution in [0.15, 0.2) is 23.0 Å². The molecule has 156 valence electrons. The van der Waals surface area contributed by atoms with Crippen molar-refractivity contribution in [3.63, 3.8) is 0 Å². The number of alkyl halides is 3. The molecule has 0 aromatic carbocycles. The largest absolute Gasteiger partial charge is 0.490 e. The van der Waals surface area contributed by atoms with Crippen LogP contribution in [-0.2, 0) is 9.59 Å². The Kier molecular flexibility index (Phi) is 7.05. The van der Waals surface area contributed by atoms with E-state index in [9.17, 15) is 22.8 Å². The van der Waals surface area contributed by atoms with Crippen LogP contribution in [-0.4, -0.2) is 78.6 Å². The molecule has 1 aromatic heterocycles. The van der Waals surface area contributed by atoms with Gasteiger partial charge in [-0.15, -0.1) is 0 Å². The molecule has 0 saturated carbocycles. The van der Waals surface area contributed by atoms with Gasteiger partial charge in [0.25, 0.3) is 5.91 Å². The van der Waals surface area contributed by atoms with Crippen LogP contribution in [0.4, 0.5) is 13.2 Å². The SMILES string of the molecule is CNC(=O)CN1CC[C@H]2CN(C(=O)c3ccoc3)C[C@H]2C1.O=C(O)C(F)(F)F. The fourth-order valence-corrected chi connectivity index (χ4v) is 3.40. The minimum Gasteiger partial charge on any atom is -0.475 e. The Bertz CT molecular complexity index is 693. The molecule has 8 nitrogen and oxygen atoms in total. The van der Waals surface area contributed by atoms with Gasteiger partial charge in [-0.2, -0.15) is 13.2 Å². The maximum atomic E-state index is 12.3. The maximum Gasteiger partial charge on any atom is 0.490 e. The number of likely N-dealkylation sites (tertiary alicyclic amines) is 2. The standard InChI is InChI=1S/C15H21N3O3.C2HF3O2/c1-16-14(19)9-17-4-2-11-7-18(8-13(11)6-17)15(20)12-3-5-21-10-12;3-2(4,5)1(6)7/h3,5,10-11,13H,2,4,6-9H2,1H3,(H,16,19);(H,6,7)/t11-,13+;/m0./s1. The topological polar surface area (TPSA) is 103 Å². The molecule has 2 aliphatic heterocycles. The zero-order valence-corrected chi connectivity index (χ0v) is 15.2. The van der Waals surface area contributed by atoms with Crippen molar-refractivity contribution in [3.05, 3.63) is 24.2 Å². The first-order valence-corrected chi connectivity index (χ1v) is 8.66. The lowest BCUT2D eigenvalue weighted by Gasteiger charge is -2.33. The van der Waals surface area contributed by atoms with Crippen molar-refractivity contribution in [2.24, 2.45) is 11.8 Å². The number of carbonyl (C=O) groups is 3. The number of nitrogens with one attached hydrogen (secondary N) is 1. The summed E-state index contributed by atoms with van der Waals surface area (Å²) >= 11 is 0. The maximum absolute atomic E-state index is 12.3. The summed E-state index contributed by atoms with van der Waals surface area (Å²) in [5.74, 6) is -1.62. The van der Waals surface area contributed by atoms with Gasteiger partial charge in [0.1, 0.15) is 6.26 Å². The van der Waals surface area contributed by atoms with Gasteiger partial charge in [-0.05, 0) is 30.9 Å². The number of likely N-dealkylation sites (N-methyl/N-ethyl adjacent to an activating group) is 1. The molecule has 1 aromatic rings. The minimum atomic E-state index is -5.08. The number of carbonyl (C=O) groups excluding carboxylic acids is 2. The van der Waals surface area contributed by atoms with Gasteiger partial charge in [0.05, 0.1) is 18.4 Å². The van der Waals surface area contributed by atoms with Crippen molar-refractivity contribution in [1.29, 1.82) is 0 Å². The van der Waals surface area contributed by atoms with Crippen LogP contribution in [0.5, 0.6) is 0 Å². The number of amides is 2. The van der Waals surface area contributed by atoms with Crippen molar-refractivity contribution < 1.29 is 37.1 Å². The second-order valence-corrected chi connectivity index (χ2v) is 6.74. The zero-order chi connectivity index (χ0) is 20.9. The van der Waals surface area contributed by atoms with E-state index in [0.29, 0.717) is 23.9 Å². The van der Waals surface area contributed by atoms with Crippen LogP contribution in [0.1, 0.15) is 16.8 Å². The summed E-state index contributed by atoms with van der Waals surface area (Å²) in [4.78, 5) is 36.8. The van der Waals surface area contributed by atoms with Crippen LogP contribution >= 0.6 is 0 Å². The number of halogens is 3. The monoisotopic (exact) mass is 405 g/mol. The molecule has 28 heavy (non-hydrogen) atoms. The Balaban J connectivity index is 0.000000345. The number of carboxylic acid groups (broad SMARTS) is 1. The van der Waals surface area contributed by atoms with E-state index in [4.69, 9.17) is 14.3 Å². The van der Waals surface area contributed by atoms with E-state index >= 15 is 0 Å². The van der Waals surface area contributed by atoms with Crippen molar-refractivity contribution in [2.75, 3.05) is 39.8 Å². The second-order valence-electron chi connectivity index (χ2n) is 6.74. The molecule has 11 heteroatoms. The minimum absolute atomic E-state index is 0.0519. The van der Waals surface area contributed by atoms with E-state index < -0.39 is 12.1 Å². The molecule has 2 amide bonds. The van der Waals surface area contributed by atoms with Crippen LogP contribution < -0.4 is 5.32 Å². The van der Waals surface area contributed by atoms with E-state index in [1.54, 1.807) is 13.1 Å². The van der Waals surface area contributed by atoms with Crippen molar-refractivity contribution in [1.82, 2.24) is 15.1 Å².